The van der Waals surface area contributed by atoms with Gasteiger partial charge in [0, 0.05) is 44.5 Å². The molecule has 0 unspecified atom stereocenters. The number of urea groups is 1. The molecule has 120 valence electrons. The SMILES string of the molecule is N[C@@H]1CCN(C(=O)Nc2cccc(CN3CCOCC3)c2)C1. The molecule has 0 saturated carbocycles. The number of nitrogens with one attached hydrogen (secondary N) is 1. The molecule has 0 radical (unpaired) electrons. The minimum atomic E-state index is -0.0588. The van der Waals surface area contributed by atoms with Gasteiger partial charge in [-0.25, -0.2) is 4.79 Å². The zero-order valence-electron chi connectivity index (χ0n) is 12.8. The maximum Gasteiger partial charge on any atom is 0.321 e. The minimum absolute atomic E-state index is 0.0588. The molecule has 0 aromatic heterocycles. The molecule has 1 aromatic rings. The highest BCUT2D eigenvalue weighted by molar-refractivity contribution is 5.89. The molecule has 0 bridgehead atoms. The number of anilines is 1. The number of carbonyl (C=O) groups is 1. The number of carbonyl (C=O) groups excluding carboxylic acids is 1. The molecular formula is C16H24N4O2. The van der Waals surface area contributed by atoms with Crippen molar-refractivity contribution in [3.8, 4) is 0 Å². The second-order valence-corrected chi connectivity index (χ2v) is 6.01. The van der Waals surface area contributed by atoms with Crippen LogP contribution < -0.4 is 11.1 Å². The molecular weight excluding hydrogens is 280 g/mol. The van der Waals surface area contributed by atoms with Gasteiger partial charge < -0.3 is 20.7 Å². The normalized spacial score (nSPS) is 22.8. The Balaban J connectivity index is 1.57. The fraction of sp³-hybridized carbons (Fsp3) is 0.562. The summed E-state index contributed by atoms with van der Waals surface area (Å²) in [6, 6.07) is 8.10. The van der Waals surface area contributed by atoms with E-state index >= 15 is 0 Å². The zero-order chi connectivity index (χ0) is 15.4. The lowest BCUT2D eigenvalue weighted by molar-refractivity contribution is 0.0342. The Morgan fingerprint density at radius 1 is 1.32 bits per heavy atom. The van der Waals surface area contributed by atoms with Crippen molar-refractivity contribution in [2.75, 3.05) is 44.7 Å². The molecule has 2 aliphatic heterocycles. The molecule has 2 saturated heterocycles. The highest BCUT2D eigenvalue weighted by Crippen LogP contribution is 2.15. The first-order valence-electron chi connectivity index (χ1n) is 7.91. The average Bonchev–Trinajstić information content (AvgIpc) is 2.95. The number of hydrogen-bond acceptors (Lipinski definition) is 4. The number of morpholine rings is 1. The molecule has 2 amide bonds. The number of hydrogen-bond donors (Lipinski definition) is 2. The van der Waals surface area contributed by atoms with Crippen LogP contribution in [0.3, 0.4) is 0 Å². The first-order valence-corrected chi connectivity index (χ1v) is 7.91. The number of benzene rings is 1. The molecule has 0 aliphatic carbocycles. The monoisotopic (exact) mass is 304 g/mol. The van der Waals surface area contributed by atoms with Crippen LogP contribution in [0.25, 0.3) is 0 Å². The van der Waals surface area contributed by atoms with Crippen LogP contribution in [-0.4, -0.2) is 61.3 Å². The Bertz CT molecular complexity index is 517. The lowest BCUT2D eigenvalue weighted by atomic mass is 10.2. The van der Waals surface area contributed by atoms with E-state index in [1.165, 1.54) is 5.56 Å². The van der Waals surface area contributed by atoms with Gasteiger partial charge in [-0.05, 0) is 24.1 Å². The van der Waals surface area contributed by atoms with Gasteiger partial charge in [-0.1, -0.05) is 12.1 Å². The molecule has 1 atom stereocenters. The topological polar surface area (TPSA) is 70.8 Å². The van der Waals surface area contributed by atoms with Gasteiger partial charge in [0.05, 0.1) is 13.2 Å². The summed E-state index contributed by atoms with van der Waals surface area (Å²) in [4.78, 5) is 16.3. The van der Waals surface area contributed by atoms with E-state index in [4.69, 9.17) is 10.5 Å². The van der Waals surface area contributed by atoms with Crippen LogP contribution in [0.15, 0.2) is 24.3 Å². The van der Waals surface area contributed by atoms with E-state index in [1.807, 2.05) is 18.2 Å². The molecule has 1 aromatic carbocycles. The number of nitrogens with two attached hydrogens (primary N) is 1. The van der Waals surface area contributed by atoms with Crippen molar-refractivity contribution in [2.24, 2.45) is 5.73 Å². The van der Waals surface area contributed by atoms with Crippen LogP contribution in [0.2, 0.25) is 0 Å². The van der Waals surface area contributed by atoms with Crippen molar-refractivity contribution < 1.29 is 9.53 Å². The first-order chi connectivity index (χ1) is 10.7. The molecule has 6 nitrogen and oxygen atoms in total. The largest absolute Gasteiger partial charge is 0.379 e. The average molecular weight is 304 g/mol. The number of likely N-dealkylation sites (tertiary alicyclic amines) is 1. The van der Waals surface area contributed by atoms with Crippen LogP contribution in [0.5, 0.6) is 0 Å². The van der Waals surface area contributed by atoms with Crippen molar-refractivity contribution in [1.82, 2.24) is 9.80 Å². The van der Waals surface area contributed by atoms with Gasteiger partial charge in [0.1, 0.15) is 0 Å². The van der Waals surface area contributed by atoms with Gasteiger partial charge in [0.25, 0.3) is 0 Å². The van der Waals surface area contributed by atoms with Crippen LogP contribution in [0, 0.1) is 0 Å². The standard InChI is InChI=1S/C16H24N4O2/c17-14-4-5-20(12-14)16(21)18-15-3-1-2-13(10-15)11-19-6-8-22-9-7-19/h1-3,10,14H,4-9,11-12,17H2,(H,18,21)/t14-/m1/s1. The molecule has 2 fully saturated rings. The van der Waals surface area contributed by atoms with Gasteiger partial charge in [-0.15, -0.1) is 0 Å². The third kappa shape index (κ3) is 3.97. The lowest BCUT2D eigenvalue weighted by Gasteiger charge is -2.26. The lowest BCUT2D eigenvalue weighted by Crippen LogP contribution is -2.36. The summed E-state index contributed by atoms with van der Waals surface area (Å²) in [5.41, 5.74) is 7.90. The second kappa shape index (κ2) is 7.09. The number of rotatable bonds is 3. The van der Waals surface area contributed by atoms with Crippen molar-refractivity contribution in [1.29, 1.82) is 0 Å². The van der Waals surface area contributed by atoms with Gasteiger partial charge in [-0.2, -0.15) is 0 Å². The Morgan fingerprint density at radius 3 is 2.86 bits per heavy atom. The van der Waals surface area contributed by atoms with E-state index in [0.29, 0.717) is 6.54 Å². The maximum absolute atomic E-state index is 12.2. The van der Waals surface area contributed by atoms with E-state index in [2.05, 4.69) is 16.3 Å². The second-order valence-electron chi connectivity index (χ2n) is 6.01. The van der Waals surface area contributed by atoms with Crippen LogP contribution in [0.4, 0.5) is 10.5 Å². The number of ether oxygens (including phenoxy) is 1. The first kappa shape index (κ1) is 15.3. The van der Waals surface area contributed by atoms with Crippen molar-refractivity contribution in [2.45, 2.75) is 19.0 Å². The predicted octanol–water partition coefficient (Wildman–Crippen LogP) is 1.08. The molecule has 0 spiro atoms. The summed E-state index contributed by atoms with van der Waals surface area (Å²) in [5, 5.41) is 2.97. The van der Waals surface area contributed by atoms with E-state index in [0.717, 1.165) is 51.5 Å². The molecule has 2 heterocycles. The van der Waals surface area contributed by atoms with Crippen LogP contribution in [-0.2, 0) is 11.3 Å². The quantitative estimate of drug-likeness (QED) is 0.877. The Morgan fingerprint density at radius 2 is 2.14 bits per heavy atom. The van der Waals surface area contributed by atoms with E-state index < -0.39 is 0 Å². The predicted molar refractivity (Wildman–Crippen MR) is 85.7 cm³/mol. The Hall–Kier alpha value is -1.63. The third-order valence-corrected chi connectivity index (χ3v) is 4.20. The van der Waals surface area contributed by atoms with Gasteiger partial charge in [-0.3, -0.25) is 4.90 Å². The molecule has 3 rings (SSSR count). The Labute approximate surface area is 131 Å². The van der Waals surface area contributed by atoms with Crippen LogP contribution >= 0.6 is 0 Å². The highest BCUT2D eigenvalue weighted by Gasteiger charge is 2.23. The molecule has 2 aliphatic rings. The third-order valence-electron chi connectivity index (χ3n) is 4.20. The Kier molecular flexibility index (Phi) is 4.92. The van der Waals surface area contributed by atoms with E-state index in [1.54, 1.807) is 4.90 Å². The number of amides is 2. The molecule has 6 heteroatoms. The summed E-state index contributed by atoms with van der Waals surface area (Å²) in [7, 11) is 0. The summed E-state index contributed by atoms with van der Waals surface area (Å²) < 4.78 is 5.36. The maximum atomic E-state index is 12.2. The summed E-state index contributed by atoms with van der Waals surface area (Å²) in [5.74, 6) is 0. The van der Waals surface area contributed by atoms with Gasteiger partial charge in [0.15, 0.2) is 0 Å². The fourth-order valence-electron chi connectivity index (χ4n) is 2.94. The van der Waals surface area contributed by atoms with Crippen molar-refractivity contribution >= 4 is 11.7 Å². The zero-order valence-corrected chi connectivity index (χ0v) is 12.8. The van der Waals surface area contributed by atoms with Gasteiger partial charge >= 0.3 is 6.03 Å². The van der Waals surface area contributed by atoms with Crippen LogP contribution in [0.1, 0.15) is 12.0 Å². The summed E-state index contributed by atoms with van der Waals surface area (Å²) in [6.45, 7) is 5.78. The minimum Gasteiger partial charge on any atom is -0.379 e. The molecule has 3 N–H and O–H groups in total. The van der Waals surface area contributed by atoms with Crippen molar-refractivity contribution in [3.63, 3.8) is 0 Å². The smallest absolute Gasteiger partial charge is 0.321 e. The van der Waals surface area contributed by atoms with Gasteiger partial charge in [0.2, 0.25) is 0 Å². The summed E-state index contributed by atoms with van der Waals surface area (Å²) >= 11 is 0. The van der Waals surface area contributed by atoms with Crippen molar-refractivity contribution in [3.05, 3.63) is 29.8 Å². The fourth-order valence-corrected chi connectivity index (χ4v) is 2.94. The number of nitrogens with zero attached hydrogens (tertiary/aromatic N) is 2. The van der Waals surface area contributed by atoms with E-state index in [9.17, 15) is 4.79 Å². The highest BCUT2D eigenvalue weighted by atomic mass is 16.5. The van der Waals surface area contributed by atoms with E-state index in [-0.39, 0.29) is 12.1 Å². The molecule has 22 heavy (non-hydrogen) atoms. The summed E-state index contributed by atoms with van der Waals surface area (Å²) in [6.07, 6.45) is 0.879.